The van der Waals surface area contributed by atoms with Crippen LogP contribution in [0.15, 0.2) is 18.3 Å². The van der Waals surface area contributed by atoms with E-state index < -0.39 is 0 Å². The molecule has 1 atom stereocenters. The Hall–Kier alpha value is -1.09. The van der Waals surface area contributed by atoms with Crippen LogP contribution in [-0.2, 0) is 0 Å². The molecule has 0 aliphatic heterocycles. The van der Waals surface area contributed by atoms with Crippen LogP contribution in [0.4, 0.5) is 5.69 Å². The monoisotopic (exact) mass is 219 g/mol. The first-order chi connectivity index (χ1) is 7.66. The van der Waals surface area contributed by atoms with E-state index in [2.05, 4.69) is 23.0 Å². The third kappa shape index (κ3) is 2.53. The number of nitrogens with two attached hydrogens (primary N) is 1. The lowest BCUT2D eigenvalue weighted by Gasteiger charge is -2.31. The van der Waals surface area contributed by atoms with Crippen molar-refractivity contribution in [2.45, 2.75) is 32.2 Å². The zero-order valence-electron chi connectivity index (χ0n) is 10.2. The van der Waals surface area contributed by atoms with Gasteiger partial charge in [-0.05, 0) is 37.8 Å². The number of pyridine rings is 1. The van der Waals surface area contributed by atoms with Crippen LogP contribution in [-0.4, -0.2) is 18.6 Å². The van der Waals surface area contributed by atoms with Crippen molar-refractivity contribution in [1.29, 1.82) is 0 Å². The Morgan fingerprint density at radius 3 is 2.69 bits per heavy atom. The Balaban J connectivity index is 1.97. The van der Waals surface area contributed by atoms with E-state index in [9.17, 15) is 0 Å². The number of nitrogens with zero attached hydrogens (tertiary/aromatic N) is 2. The van der Waals surface area contributed by atoms with Crippen molar-refractivity contribution >= 4 is 5.69 Å². The van der Waals surface area contributed by atoms with Gasteiger partial charge in [-0.15, -0.1) is 0 Å². The van der Waals surface area contributed by atoms with Gasteiger partial charge in [0.25, 0.3) is 0 Å². The van der Waals surface area contributed by atoms with Crippen LogP contribution in [0.3, 0.4) is 0 Å². The molecule has 88 valence electrons. The minimum absolute atomic E-state index is 0.0194. The van der Waals surface area contributed by atoms with Crippen LogP contribution in [0, 0.1) is 5.92 Å². The molecule has 1 fully saturated rings. The lowest BCUT2D eigenvalue weighted by atomic mass is 9.85. The molecule has 0 saturated heterocycles. The molecule has 0 spiro atoms. The molecule has 1 aromatic rings. The summed E-state index contributed by atoms with van der Waals surface area (Å²) in [4.78, 5) is 6.68. The van der Waals surface area contributed by atoms with Crippen molar-refractivity contribution in [3.8, 4) is 0 Å². The fraction of sp³-hybridized carbons (Fsp3) is 0.615. The summed E-state index contributed by atoms with van der Waals surface area (Å²) in [5, 5.41) is 0. The molecule has 3 nitrogen and oxygen atoms in total. The van der Waals surface area contributed by atoms with Gasteiger partial charge >= 0.3 is 0 Å². The Morgan fingerprint density at radius 2 is 2.25 bits per heavy atom. The van der Waals surface area contributed by atoms with Crippen molar-refractivity contribution in [3.63, 3.8) is 0 Å². The first-order valence-corrected chi connectivity index (χ1v) is 6.09. The standard InChI is InChI=1S/C13H21N3/c1-10(14)13-7-6-12(8-15-13)16(2)9-11-4-3-5-11/h6-8,10-11H,3-5,9,14H2,1-2H3/t10-/m1/s1. The van der Waals surface area contributed by atoms with Gasteiger partial charge in [-0.25, -0.2) is 0 Å². The van der Waals surface area contributed by atoms with Gasteiger partial charge in [0.05, 0.1) is 17.6 Å². The summed E-state index contributed by atoms with van der Waals surface area (Å²) >= 11 is 0. The fourth-order valence-electron chi connectivity index (χ4n) is 2.06. The van der Waals surface area contributed by atoms with Crippen molar-refractivity contribution in [3.05, 3.63) is 24.0 Å². The molecule has 16 heavy (non-hydrogen) atoms. The molecule has 1 aliphatic rings. The van der Waals surface area contributed by atoms with Gasteiger partial charge in [0.1, 0.15) is 0 Å². The minimum atomic E-state index is 0.0194. The van der Waals surface area contributed by atoms with E-state index in [-0.39, 0.29) is 6.04 Å². The van der Waals surface area contributed by atoms with Gasteiger partial charge in [-0.2, -0.15) is 0 Å². The van der Waals surface area contributed by atoms with Crippen LogP contribution >= 0.6 is 0 Å². The highest BCUT2D eigenvalue weighted by Crippen LogP contribution is 2.28. The smallest absolute Gasteiger partial charge is 0.0569 e. The summed E-state index contributed by atoms with van der Waals surface area (Å²) in [6.07, 6.45) is 6.10. The molecule has 0 unspecified atom stereocenters. The highest BCUT2D eigenvalue weighted by Gasteiger charge is 2.19. The number of aromatic nitrogens is 1. The van der Waals surface area contributed by atoms with Crippen molar-refractivity contribution in [1.82, 2.24) is 4.98 Å². The van der Waals surface area contributed by atoms with Crippen LogP contribution in [0.25, 0.3) is 0 Å². The van der Waals surface area contributed by atoms with E-state index in [0.29, 0.717) is 0 Å². The van der Waals surface area contributed by atoms with E-state index in [1.54, 1.807) is 0 Å². The van der Waals surface area contributed by atoms with E-state index in [1.165, 1.54) is 24.9 Å². The summed E-state index contributed by atoms with van der Waals surface area (Å²) in [6.45, 7) is 3.11. The second-order valence-electron chi connectivity index (χ2n) is 4.91. The van der Waals surface area contributed by atoms with Crippen molar-refractivity contribution in [2.75, 3.05) is 18.5 Å². The largest absolute Gasteiger partial charge is 0.373 e. The zero-order chi connectivity index (χ0) is 11.5. The van der Waals surface area contributed by atoms with E-state index in [4.69, 9.17) is 5.73 Å². The molecule has 1 aliphatic carbocycles. The fourth-order valence-corrected chi connectivity index (χ4v) is 2.06. The molecular weight excluding hydrogens is 198 g/mol. The number of hydrogen-bond donors (Lipinski definition) is 1. The molecular formula is C13H21N3. The Bertz CT molecular complexity index is 328. The van der Waals surface area contributed by atoms with Gasteiger partial charge < -0.3 is 10.6 Å². The average Bonchev–Trinajstić information content (AvgIpc) is 2.23. The van der Waals surface area contributed by atoms with E-state index >= 15 is 0 Å². The molecule has 0 bridgehead atoms. The summed E-state index contributed by atoms with van der Waals surface area (Å²) in [5.41, 5.74) is 7.93. The Morgan fingerprint density at radius 1 is 1.50 bits per heavy atom. The van der Waals surface area contributed by atoms with Crippen LogP contribution in [0.5, 0.6) is 0 Å². The zero-order valence-corrected chi connectivity index (χ0v) is 10.2. The SMILES string of the molecule is C[C@@H](N)c1ccc(N(C)CC2CCC2)cn1. The first kappa shape index (κ1) is 11.4. The Labute approximate surface area is 97.7 Å². The summed E-state index contributed by atoms with van der Waals surface area (Å²) in [6, 6.07) is 4.16. The van der Waals surface area contributed by atoms with Gasteiger partial charge in [0.2, 0.25) is 0 Å². The molecule has 2 rings (SSSR count). The second kappa shape index (κ2) is 4.83. The number of hydrogen-bond acceptors (Lipinski definition) is 3. The maximum Gasteiger partial charge on any atom is 0.0569 e. The quantitative estimate of drug-likeness (QED) is 0.845. The molecule has 3 heteroatoms. The normalized spacial score (nSPS) is 17.9. The summed E-state index contributed by atoms with van der Waals surface area (Å²) in [7, 11) is 2.14. The Kier molecular flexibility index (Phi) is 3.44. The second-order valence-corrected chi connectivity index (χ2v) is 4.91. The highest BCUT2D eigenvalue weighted by molar-refractivity contribution is 5.43. The summed E-state index contributed by atoms with van der Waals surface area (Å²) < 4.78 is 0. The third-order valence-electron chi connectivity index (χ3n) is 3.43. The lowest BCUT2D eigenvalue weighted by Crippen LogP contribution is -2.29. The summed E-state index contributed by atoms with van der Waals surface area (Å²) in [5.74, 6) is 0.887. The number of anilines is 1. The lowest BCUT2D eigenvalue weighted by molar-refractivity contribution is 0.321. The van der Waals surface area contributed by atoms with Gasteiger partial charge in [-0.3, -0.25) is 4.98 Å². The molecule has 2 N–H and O–H groups in total. The highest BCUT2D eigenvalue weighted by atomic mass is 15.1. The number of rotatable bonds is 4. The van der Waals surface area contributed by atoms with E-state index in [1.807, 2.05) is 19.2 Å². The van der Waals surface area contributed by atoms with Gasteiger partial charge in [0.15, 0.2) is 0 Å². The molecule has 0 amide bonds. The van der Waals surface area contributed by atoms with Crippen LogP contribution in [0.2, 0.25) is 0 Å². The molecule has 1 heterocycles. The van der Waals surface area contributed by atoms with Gasteiger partial charge in [-0.1, -0.05) is 6.42 Å². The predicted molar refractivity (Wildman–Crippen MR) is 67.5 cm³/mol. The topological polar surface area (TPSA) is 42.1 Å². The predicted octanol–water partition coefficient (Wildman–Crippen LogP) is 2.34. The van der Waals surface area contributed by atoms with Crippen LogP contribution < -0.4 is 10.6 Å². The molecule has 1 aromatic heterocycles. The van der Waals surface area contributed by atoms with Crippen LogP contribution in [0.1, 0.15) is 37.9 Å². The maximum atomic E-state index is 5.78. The maximum absolute atomic E-state index is 5.78. The minimum Gasteiger partial charge on any atom is -0.373 e. The molecule has 0 radical (unpaired) electrons. The third-order valence-corrected chi connectivity index (χ3v) is 3.43. The van der Waals surface area contributed by atoms with Crippen molar-refractivity contribution in [2.24, 2.45) is 11.7 Å². The average molecular weight is 219 g/mol. The first-order valence-electron chi connectivity index (χ1n) is 6.09. The molecule has 1 saturated carbocycles. The van der Waals surface area contributed by atoms with E-state index in [0.717, 1.165) is 18.2 Å². The van der Waals surface area contributed by atoms with Gasteiger partial charge in [0, 0.05) is 19.6 Å². The van der Waals surface area contributed by atoms with Crippen molar-refractivity contribution < 1.29 is 0 Å². The molecule has 0 aromatic carbocycles.